The molecule has 0 saturated heterocycles. The number of methoxy groups -OCH3 is 1. The largest absolute Gasteiger partial charge is 0.469 e. The fraction of sp³-hybridized carbons (Fsp3) is 0.625. The van der Waals surface area contributed by atoms with E-state index in [9.17, 15) is 14.4 Å². The van der Waals surface area contributed by atoms with Gasteiger partial charge in [-0.1, -0.05) is 0 Å². The molecule has 6 nitrogen and oxygen atoms in total. The van der Waals surface area contributed by atoms with E-state index in [1.165, 1.54) is 12.0 Å². The van der Waals surface area contributed by atoms with Gasteiger partial charge in [0.15, 0.2) is 0 Å². The number of nitrogens with zero attached hydrogens (tertiary/aromatic N) is 1. The molecular weight excluding hydrogens is 318 g/mol. The van der Waals surface area contributed by atoms with E-state index in [-0.39, 0.29) is 30.7 Å². The average Bonchev–Trinajstić information content (AvgIpc) is 2.94. The third-order valence-electron chi connectivity index (χ3n) is 3.83. The number of ether oxygens (including phenoxy) is 2. The van der Waals surface area contributed by atoms with Crippen molar-refractivity contribution in [3.05, 3.63) is 15.6 Å². The molecule has 1 atom stereocenters. The van der Waals surface area contributed by atoms with Crippen molar-refractivity contribution in [1.82, 2.24) is 4.98 Å². The Morgan fingerprint density at radius 2 is 2.09 bits per heavy atom. The maximum atomic E-state index is 12.2. The van der Waals surface area contributed by atoms with E-state index in [4.69, 9.17) is 4.74 Å². The number of hydrogen-bond acceptors (Lipinski definition) is 7. The van der Waals surface area contributed by atoms with E-state index in [1.807, 2.05) is 0 Å². The maximum absolute atomic E-state index is 12.2. The van der Waals surface area contributed by atoms with Gasteiger partial charge in [-0.05, 0) is 19.8 Å². The van der Waals surface area contributed by atoms with Crippen LogP contribution < -0.4 is 0 Å². The summed E-state index contributed by atoms with van der Waals surface area (Å²) in [6.07, 6.45) is 2.82. The first-order chi connectivity index (χ1) is 11.0. The molecule has 0 saturated carbocycles. The van der Waals surface area contributed by atoms with Gasteiger partial charge < -0.3 is 9.47 Å². The molecule has 7 heteroatoms. The second-order valence-corrected chi connectivity index (χ2v) is 6.61. The molecule has 0 aromatic carbocycles. The normalized spacial score (nSPS) is 16.5. The minimum absolute atomic E-state index is 0.0711. The van der Waals surface area contributed by atoms with Crippen LogP contribution in [0.1, 0.15) is 41.8 Å². The summed E-state index contributed by atoms with van der Waals surface area (Å²) in [4.78, 5) is 40.5. The molecule has 1 aliphatic carbocycles. The molecule has 0 amide bonds. The fourth-order valence-electron chi connectivity index (χ4n) is 2.62. The summed E-state index contributed by atoms with van der Waals surface area (Å²) in [6.45, 7) is 2.01. The van der Waals surface area contributed by atoms with E-state index < -0.39 is 5.97 Å². The lowest BCUT2D eigenvalue weighted by molar-refractivity contribution is -0.146. The van der Waals surface area contributed by atoms with Gasteiger partial charge in [-0.25, -0.2) is 4.98 Å². The SMILES string of the molecule is CCOC(=O)CC(=O)C1CCc2sc(CCC(=O)OC)nc2C1. The zero-order valence-corrected chi connectivity index (χ0v) is 14.2. The Balaban J connectivity index is 1.92. The standard InChI is InChI=1S/C16H21NO5S/c1-3-22-16(20)9-12(18)10-4-5-13-11(8-10)17-14(23-13)6-7-15(19)21-2/h10H,3-9H2,1-2H3. The van der Waals surface area contributed by atoms with E-state index in [0.29, 0.717) is 19.3 Å². The molecule has 0 radical (unpaired) electrons. The number of carbonyl (C=O) groups is 3. The molecule has 2 rings (SSSR count). The number of fused-ring (bicyclic) bond motifs is 1. The summed E-state index contributed by atoms with van der Waals surface area (Å²) in [5.41, 5.74) is 0.934. The van der Waals surface area contributed by atoms with Crippen molar-refractivity contribution in [2.24, 2.45) is 5.92 Å². The Kier molecular flexibility index (Phi) is 6.27. The van der Waals surface area contributed by atoms with Crippen LogP contribution in [-0.2, 0) is 43.1 Å². The van der Waals surface area contributed by atoms with Gasteiger partial charge in [-0.2, -0.15) is 0 Å². The smallest absolute Gasteiger partial charge is 0.313 e. The Bertz CT molecular complexity index is 595. The Hall–Kier alpha value is -1.76. The highest BCUT2D eigenvalue weighted by Gasteiger charge is 2.28. The van der Waals surface area contributed by atoms with Gasteiger partial charge in [0.2, 0.25) is 0 Å². The maximum Gasteiger partial charge on any atom is 0.313 e. The first-order valence-corrected chi connectivity index (χ1v) is 8.57. The van der Waals surface area contributed by atoms with Crippen LogP contribution in [0.25, 0.3) is 0 Å². The van der Waals surface area contributed by atoms with Crippen LogP contribution >= 0.6 is 11.3 Å². The van der Waals surface area contributed by atoms with E-state index in [1.54, 1.807) is 18.3 Å². The first kappa shape index (κ1) is 17.6. The van der Waals surface area contributed by atoms with Crippen LogP contribution in [0.4, 0.5) is 0 Å². The van der Waals surface area contributed by atoms with Crippen LogP contribution in [-0.4, -0.2) is 36.4 Å². The Morgan fingerprint density at radius 3 is 2.78 bits per heavy atom. The summed E-state index contributed by atoms with van der Waals surface area (Å²) >= 11 is 1.60. The first-order valence-electron chi connectivity index (χ1n) is 7.76. The zero-order chi connectivity index (χ0) is 16.8. The van der Waals surface area contributed by atoms with Crippen LogP contribution in [0, 0.1) is 5.92 Å². The number of hydrogen-bond donors (Lipinski definition) is 0. The van der Waals surface area contributed by atoms with Gasteiger partial charge in [0.1, 0.15) is 12.2 Å². The van der Waals surface area contributed by atoms with Crippen LogP contribution in [0.3, 0.4) is 0 Å². The summed E-state index contributed by atoms with van der Waals surface area (Å²) in [7, 11) is 1.37. The van der Waals surface area contributed by atoms with Crippen molar-refractivity contribution >= 4 is 29.1 Å². The molecule has 1 heterocycles. The predicted octanol–water partition coefficient (Wildman–Crippen LogP) is 1.88. The lowest BCUT2D eigenvalue weighted by Crippen LogP contribution is -2.25. The van der Waals surface area contributed by atoms with Crippen LogP contribution in [0.5, 0.6) is 0 Å². The van der Waals surface area contributed by atoms with Gasteiger partial charge >= 0.3 is 11.9 Å². The Labute approximate surface area is 139 Å². The highest BCUT2D eigenvalue weighted by molar-refractivity contribution is 7.11. The van der Waals surface area contributed by atoms with Crippen LogP contribution in [0.2, 0.25) is 0 Å². The van der Waals surface area contributed by atoms with Crippen molar-refractivity contribution in [1.29, 1.82) is 0 Å². The summed E-state index contributed by atoms with van der Waals surface area (Å²) in [6, 6.07) is 0. The number of Topliss-reactive ketones (excluding diaryl/α,β-unsaturated/α-hetero) is 1. The topological polar surface area (TPSA) is 82.6 Å². The highest BCUT2D eigenvalue weighted by Crippen LogP contribution is 2.31. The average molecular weight is 339 g/mol. The number of carbonyl (C=O) groups excluding carboxylic acids is 3. The number of rotatable bonds is 7. The van der Waals surface area contributed by atoms with E-state index in [0.717, 1.165) is 23.5 Å². The minimum Gasteiger partial charge on any atom is -0.469 e. The molecule has 1 aromatic rings. The molecule has 0 spiro atoms. The molecule has 0 fully saturated rings. The second-order valence-electron chi connectivity index (χ2n) is 5.44. The summed E-state index contributed by atoms with van der Waals surface area (Å²) in [5, 5.41) is 0.902. The minimum atomic E-state index is -0.458. The number of ketones is 1. The monoisotopic (exact) mass is 339 g/mol. The number of aryl methyl sites for hydroxylation is 2. The van der Waals surface area contributed by atoms with Crippen molar-refractivity contribution in [2.45, 2.75) is 45.4 Å². The highest BCUT2D eigenvalue weighted by atomic mass is 32.1. The molecule has 0 bridgehead atoms. The summed E-state index contributed by atoms with van der Waals surface area (Å²) in [5.74, 6) is -0.943. The van der Waals surface area contributed by atoms with Crippen LogP contribution in [0.15, 0.2) is 0 Å². The van der Waals surface area contributed by atoms with Crippen molar-refractivity contribution in [2.75, 3.05) is 13.7 Å². The van der Waals surface area contributed by atoms with Gasteiger partial charge in [-0.15, -0.1) is 11.3 Å². The second kappa shape index (κ2) is 8.19. The third kappa shape index (κ3) is 4.86. The van der Waals surface area contributed by atoms with Gasteiger partial charge in [0.25, 0.3) is 0 Å². The Morgan fingerprint density at radius 1 is 1.30 bits per heavy atom. The number of thiazole rings is 1. The summed E-state index contributed by atoms with van der Waals surface area (Å²) < 4.78 is 9.45. The van der Waals surface area contributed by atoms with Crippen molar-refractivity contribution in [3.8, 4) is 0 Å². The fourth-order valence-corrected chi connectivity index (χ4v) is 3.73. The molecule has 0 aliphatic heterocycles. The molecule has 1 unspecified atom stereocenters. The number of esters is 2. The lowest BCUT2D eigenvalue weighted by Gasteiger charge is -2.19. The predicted molar refractivity (Wildman–Crippen MR) is 84.2 cm³/mol. The van der Waals surface area contributed by atoms with E-state index >= 15 is 0 Å². The number of aromatic nitrogens is 1. The molecule has 23 heavy (non-hydrogen) atoms. The van der Waals surface area contributed by atoms with E-state index in [2.05, 4.69) is 9.72 Å². The molecule has 1 aliphatic rings. The molecule has 0 N–H and O–H groups in total. The quantitative estimate of drug-likeness (QED) is 0.557. The molecule has 1 aromatic heterocycles. The van der Waals surface area contributed by atoms with Gasteiger partial charge in [0, 0.05) is 23.6 Å². The van der Waals surface area contributed by atoms with Crippen molar-refractivity contribution in [3.63, 3.8) is 0 Å². The van der Waals surface area contributed by atoms with Gasteiger partial charge in [0.05, 0.1) is 30.8 Å². The lowest BCUT2D eigenvalue weighted by atomic mass is 9.86. The molecular formula is C16H21NO5S. The van der Waals surface area contributed by atoms with Gasteiger partial charge in [-0.3, -0.25) is 14.4 Å². The third-order valence-corrected chi connectivity index (χ3v) is 5.05. The van der Waals surface area contributed by atoms with Crippen molar-refractivity contribution < 1.29 is 23.9 Å². The molecule has 126 valence electrons. The zero-order valence-electron chi connectivity index (χ0n) is 13.4.